The van der Waals surface area contributed by atoms with Gasteiger partial charge in [-0.05, 0) is 38.0 Å². The first-order valence-corrected chi connectivity index (χ1v) is 8.05. The first-order valence-electron chi connectivity index (χ1n) is 8.05. The van der Waals surface area contributed by atoms with Gasteiger partial charge < -0.3 is 9.88 Å². The Hall–Kier alpha value is -3.03. The number of carbonyl (C=O) groups is 1. The minimum Gasteiger partial charge on any atom is -0.328 e. The minimum atomic E-state index is -0.462. The lowest BCUT2D eigenvalue weighted by atomic mass is 10.1. The number of benzene rings is 1. The number of nitrogens with zero attached hydrogens (tertiary/aromatic N) is 3. The summed E-state index contributed by atoms with van der Waals surface area (Å²) in [6, 6.07) is 4.95. The highest BCUT2D eigenvalue weighted by molar-refractivity contribution is 6.06. The third-order valence-electron chi connectivity index (χ3n) is 4.46. The molecule has 1 saturated heterocycles. The number of fused-ring (bicyclic) bond motifs is 1. The third kappa shape index (κ3) is 2.69. The van der Waals surface area contributed by atoms with Crippen LogP contribution in [0.4, 0.5) is 4.39 Å². The zero-order valence-corrected chi connectivity index (χ0v) is 13.5. The molecule has 4 rings (SSSR count). The molecule has 0 unspecified atom stereocenters. The molecule has 1 atom stereocenters. The van der Waals surface area contributed by atoms with Gasteiger partial charge in [-0.2, -0.15) is 5.10 Å². The van der Waals surface area contributed by atoms with E-state index in [-0.39, 0.29) is 17.5 Å². The quantitative estimate of drug-likeness (QED) is 0.746. The van der Waals surface area contributed by atoms with E-state index in [0.29, 0.717) is 29.1 Å². The molecule has 25 heavy (non-hydrogen) atoms. The van der Waals surface area contributed by atoms with Crippen molar-refractivity contribution in [2.24, 2.45) is 0 Å². The van der Waals surface area contributed by atoms with Gasteiger partial charge in [0.25, 0.3) is 5.91 Å². The van der Waals surface area contributed by atoms with Crippen molar-refractivity contribution in [1.82, 2.24) is 25.1 Å². The van der Waals surface area contributed by atoms with Crippen LogP contribution in [0.15, 0.2) is 29.1 Å². The molecule has 128 valence electrons. The van der Waals surface area contributed by atoms with Crippen LogP contribution in [0.25, 0.3) is 10.9 Å². The van der Waals surface area contributed by atoms with Crippen molar-refractivity contribution in [2.75, 3.05) is 6.54 Å². The number of rotatable bonds is 2. The molecule has 7 nitrogen and oxygen atoms in total. The van der Waals surface area contributed by atoms with E-state index in [1.54, 1.807) is 11.8 Å². The molecular weight excluding hydrogens is 325 g/mol. The molecule has 3 heterocycles. The molecule has 0 bridgehead atoms. The second kappa shape index (κ2) is 5.80. The van der Waals surface area contributed by atoms with Gasteiger partial charge in [0.15, 0.2) is 5.82 Å². The molecule has 0 saturated carbocycles. The number of aromatic amines is 2. The van der Waals surface area contributed by atoms with Crippen molar-refractivity contribution in [3.63, 3.8) is 0 Å². The number of halogens is 1. The Morgan fingerprint density at radius 2 is 2.20 bits per heavy atom. The fourth-order valence-corrected chi connectivity index (χ4v) is 3.34. The number of nitrogens with one attached hydrogen (secondary N) is 2. The summed E-state index contributed by atoms with van der Waals surface area (Å²) in [4.78, 5) is 33.6. The molecule has 1 aliphatic rings. The van der Waals surface area contributed by atoms with Gasteiger partial charge in [0.1, 0.15) is 11.6 Å². The van der Waals surface area contributed by atoms with E-state index in [9.17, 15) is 14.0 Å². The van der Waals surface area contributed by atoms with Crippen LogP contribution in [0.1, 0.15) is 40.9 Å². The maximum absolute atomic E-state index is 13.7. The Balaban J connectivity index is 1.79. The van der Waals surface area contributed by atoms with E-state index >= 15 is 0 Å². The first kappa shape index (κ1) is 15.5. The van der Waals surface area contributed by atoms with Gasteiger partial charge in [-0.15, -0.1) is 0 Å². The Labute approximate surface area is 141 Å². The highest BCUT2D eigenvalue weighted by Gasteiger charge is 2.34. The summed E-state index contributed by atoms with van der Waals surface area (Å²) in [5.41, 5.74) is 0.228. The van der Waals surface area contributed by atoms with Crippen molar-refractivity contribution < 1.29 is 9.18 Å². The predicted molar refractivity (Wildman–Crippen MR) is 88.7 cm³/mol. The van der Waals surface area contributed by atoms with Crippen molar-refractivity contribution in [3.05, 3.63) is 57.6 Å². The van der Waals surface area contributed by atoms with Crippen LogP contribution in [-0.2, 0) is 0 Å². The van der Waals surface area contributed by atoms with Crippen molar-refractivity contribution in [2.45, 2.75) is 25.8 Å². The Bertz CT molecular complexity index is 1030. The summed E-state index contributed by atoms with van der Waals surface area (Å²) in [7, 11) is 0. The number of hydrogen-bond acceptors (Lipinski definition) is 4. The monoisotopic (exact) mass is 341 g/mol. The fraction of sp³-hybridized carbons (Fsp3) is 0.294. The number of H-pyrrole nitrogens is 2. The van der Waals surface area contributed by atoms with Gasteiger partial charge in [0.05, 0.1) is 11.6 Å². The SMILES string of the molecule is Cc1nc([C@H]2CCCN2C(=O)c2cc(=O)[nH]c3ccc(F)cc23)n[nH]1. The highest BCUT2D eigenvalue weighted by atomic mass is 19.1. The summed E-state index contributed by atoms with van der Waals surface area (Å²) >= 11 is 0. The highest BCUT2D eigenvalue weighted by Crippen LogP contribution is 2.32. The zero-order chi connectivity index (χ0) is 17.6. The fourth-order valence-electron chi connectivity index (χ4n) is 3.34. The van der Waals surface area contributed by atoms with Crippen LogP contribution in [0, 0.1) is 12.7 Å². The first-order chi connectivity index (χ1) is 12.0. The lowest BCUT2D eigenvalue weighted by molar-refractivity contribution is 0.0732. The van der Waals surface area contributed by atoms with Crippen molar-refractivity contribution in [3.8, 4) is 0 Å². The molecule has 2 N–H and O–H groups in total. The number of likely N-dealkylation sites (tertiary alicyclic amines) is 1. The molecule has 2 aromatic heterocycles. The second-order valence-corrected chi connectivity index (χ2v) is 6.17. The number of pyridine rings is 1. The van der Waals surface area contributed by atoms with Crippen LogP contribution < -0.4 is 5.56 Å². The van der Waals surface area contributed by atoms with Gasteiger partial charge >= 0.3 is 0 Å². The number of hydrogen-bond donors (Lipinski definition) is 2. The minimum absolute atomic E-state index is 0.192. The summed E-state index contributed by atoms with van der Waals surface area (Å²) in [5.74, 6) is 0.462. The number of amides is 1. The van der Waals surface area contributed by atoms with Gasteiger partial charge in [-0.1, -0.05) is 0 Å². The van der Waals surface area contributed by atoms with Crippen LogP contribution in [0.2, 0.25) is 0 Å². The summed E-state index contributed by atoms with van der Waals surface area (Å²) in [6.45, 7) is 2.34. The van der Waals surface area contributed by atoms with E-state index in [2.05, 4.69) is 20.2 Å². The summed E-state index contributed by atoms with van der Waals surface area (Å²) in [6.07, 6.45) is 1.57. The number of aromatic nitrogens is 4. The molecule has 0 radical (unpaired) electrons. The summed E-state index contributed by atoms with van der Waals surface area (Å²) in [5, 5.41) is 7.34. The Kier molecular flexibility index (Phi) is 3.60. The lowest BCUT2D eigenvalue weighted by Crippen LogP contribution is -2.32. The van der Waals surface area contributed by atoms with Crippen LogP contribution >= 0.6 is 0 Å². The van der Waals surface area contributed by atoms with E-state index < -0.39 is 11.4 Å². The predicted octanol–water partition coefficient (Wildman–Crippen LogP) is 2.07. The normalized spacial score (nSPS) is 17.4. The molecule has 0 aliphatic carbocycles. The smallest absolute Gasteiger partial charge is 0.255 e. The van der Waals surface area contributed by atoms with Gasteiger partial charge in [-0.3, -0.25) is 14.7 Å². The molecule has 1 amide bonds. The molecule has 1 aliphatic heterocycles. The standard InChI is InChI=1S/C17H16FN5O2/c1-9-19-16(22-21-9)14-3-2-6-23(14)17(25)12-8-15(24)20-13-5-4-10(18)7-11(12)13/h4-5,7-8,14H,2-3,6H2,1H3,(H,20,24)(H,19,21,22)/t14-/m1/s1. The Morgan fingerprint density at radius 3 is 2.96 bits per heavy atom. The number of carbonyl (C=O) groups excluding carboxylic acids is 1. The summed E-state index contributed by atoms with van der Waals surface area (Å²) < 4.78 is 13.7. The third-order valence-corrected chi connectivity index (χ3v) is 4.46. The maximum Gasteiger partial charge on any atom is 0.255 e. The molecule has 3 aromatic rings. The van der Waals surface area contributed by atoms with Gasteiger partial charge in [0.2, 0.25) is 5.56 Å². The van der Waals surface area contributed by atoms with Crippen LogP contribution in [-0.4, -0.2) is 37.5 Å². The van der Waals surface area contributed by atoms with Crippen LogP contribution in [0.5, 0.6) is 0 Å². The van der Waals surface area contributed by atoms with Crippen LogP contribution in [0.3, 0.4) is 0 Å². The topological polar surface area (TPSA) is 94.7 Å². The molecular formula is C17H16FN5O2. The maximum atomic E-state index is 13.7. The van der Waals surface area contributed by atoms with Crippen molar-refractivity contribution in [1.29, 1.82) is 0 Å². The average molecular weight is 341 g/mol. The molecule has 8 heteroatoms. The molecule has 1 aromatic carbocycles. The molecule has 0 spiro atoms. The zero-order valence-electron chi connectivity index (χ0n) is 13.5. The van der Waals surface area contributed by atoms with Gasteiger partial charge in [0, 0.05) is 23.5 Å². The molecule has 1 fully saturated rings. The van der Waals surface area contributed by atoms with E-state index in [1.165, 1.54) is 24.3 Å². The number of aryl methyl sites for hydroxylation is 1. The largest absolute Gasteiger partial charge is 0.328 e. The van der Waals surface area contributed by atoms with E-state index in [4.69, 9.17) is 0 Å². The van der Waals surface area contributed by atoms with Crippen molar-refractivity contribution >= 4 is 16.8 Å². The van der Waals surface area contributed by atoms with Gasteiger partial charge in [-0.25, -0.2) is 9.37 Å². The van der Waals surface area contributed by atoms with E-state index in [0.717, 1.165) is 12.8 Å². The van der Waals surface area contributed by atoms with E-state index in [1.807, 2.05) is 0 Å². The average Bonchev–Trinajstić information content (AvgIpc) is 3.22. The lowest BCUT2D eigenvalue weighted by Gasteiger charge is -2.23. The Morgan fingerprint density at radius 1 is 1.36 bits per heavy atom. The second-order valence-electron chi connectivity index (χ2n) is 6.17.